The molecule has 1 N–H and O–H groups in total. The van der Waals surface area contributed by atoms with E-state index in [1.807, 2.05) is 12.2 Å². The van der Waals surface area contributed by atoms with Gasteiger partial charge in [0, 0.05) is 6.07 Å². The summed E-state index contributed by atoms with van der Waals surface area (Å²) in [5, 5.41) is 26.1. The second kappa shape index (κ2) is 8.33. The first-order valence-corrected chi connectivity index (χ1v) is 9.11. The SMILES string of the molecule is CC1=C(/C=C/C(C)=N\Nc2ccc([N+](=O)[O-])cc2[N+](=O)[O-])CC(C)C(C)(C)C1. The van der Waals surface area contributed by atoms with Gasteiger partial charge in [-0.3, -0.25) is 25.7 Å². The van der Waals surface area contributed by atoms with Gasteiger partial charge in [-0.2, -0.15) is 5.10 Å². The van der Waals surface area contributed by atoms with Crippen molar-refractivity contribution >= 4 is 22.8 Å². The molecule has 0 radical (unpaired) electrons. The van der Waals surface area contributed by atoms with Crippen molar-refractivity contribution in [1.82, 2.24) is 0 Å². The molecule has 8 heteroatoms. The molecule has 28 heavy (non-hydrogen) atoms. The van der Waals surface area contributed by atoms with Gasteiger partial charge in [-0.15, -0.1) is 0 Å². The fourth-order valence-electron chi connectivity index (χ4n) is 3.25. The number of hydrazone groups is 1. The minimum Gasteiger partial charge on any atom is -0.271 e. The Labute approximate surface area is 164 Å². The summed E-state index contributed by atoms with van der Waals surface area (Å²) >= 11 is 0. The van der Waals surface area contributed by atoms with Crippen LogP contribution in [0.2, 0.25) is 0 Å². The van der Waals surface area contributed by atoms with Gasteiger partial charge in [0.1, 0.15) is 5.69 Å². The predicted molar refractivity (Wildman–Crippen MR) is 111 cm³/mol. The minimum absolute atomic E-state index is 0.104. The molecule has 0 saturated carbocycles. The summed E-state index contributed by atoms with van der Waals surface area (Å²) in [5.74, 6) is 0.578. The molecule has 8 nitrogen and oxygen atoms in total. The molecule has 1 aliphatic rings. The molecule has 0 amide bonds. The summed E-state index contributed by atoms with van der Waals surface area (Å²) in [6.07, 6.45) is 5.97. The average molecular weight is 386 g/mol. The molecule has 1 aromatic rings. The fourth-order valence-corrected chi connectivity index (χ4v) is 3.25. The van der Waals surface area contributed by atoms with Crippen molar-refractivity contribution in [3.63, 3.8) is 0 Å². The van der Waals surface area contributed by atoms with Gasteiger partial charge in [0.15, 0.2) is 0 Å². The number of nitrogens with zero attached hydrogens (tertiary/aromatic N) is 3. The second-order valence-electron chi connectivity index (χ2n) is 7.99. The van der Waals surface area contributed by atoms with Crippen molar-refractivity contribution in [2.45, 2.75) is 47.5 Å². The second-order valence-corrected chi connectivity index (χ2v) is 7.99. The van der Waals surface area contributed by atoms with Crippen LogP contribution in [0.15, 0.2) is 46.6 Å². The quantitative estimate of drug-likeness (QED) is 0.387. The molecular weight excluding hydrogens is 360 g/mol. The Hall–Kier alpha value is -3.03. The first-order valence-electron chi connectivity index (χ1n) is 9.11. The zero-order chi connectivity index (χ0) is 21.1. The van der Waals surface area contributed by atoms with Crippen LogP contribution in [0.3, 0.4) is 0 Å². The van der Waals surface area contributed by atoms with E-state index in [0.29, 0.717) is 17.0 Å². The van der Waals surface area contributed by atoms with E-state index in [-0.39, 0.29) is 11.4 Å². The highest BCUT2D eigenvalue weighted by Gasteiger charge is 2.31. The molecule has 2 rings (SSSR count). The van der Waals surface area contributed by atoms with Crippen LogP contribution in [0.5, 0.6) is 0 Å². The average Bonchev–Trinajstić information content (AvgIpc) is 2.61. The maximum Gasteiger partial charge on any atom is 0.301 e. The molecule has 0 heterocycles. The van der Waals surface area contributed by atoms with Crippen LogP contribution >= 0.6 is 0 Å². The third kappa shape index (κ3) is 5.03. The van der Waals surface area contributed by atoms with Gasteiger partial charge in [-0.1, -0.05) is 32.4 Å². The first kappa shape index (κ1) is 21.3. The molecule has 0 bridgehead atoms. The van der Waals surface area contributed by atoms with Crippen molar-refractivity contribution in [1.29, 1.82) is 0 Å². The Morgan fingerprint density at radius 1 is 1.29 bits per heavy atom. The Morgan fingerprint density at radius 2 is 1.96 bits per heavy atom. The van der Waals surface area contributed by atoms with E-state index < -0.39 is 15.5 Å². The van der Waals surface area contributed by atoms with Gasteiger partial charge in [-0.25, -0.2) is 0 Å². The van der Waals surface area contributed by atoms with Crippen molar-refractivity contribution in [2.75, 3.05) is 5.43 Å². The van der Waals surface area contributed by atoms with Crippen LogP contribution < -0.4 is 5.43 Å². The summed E-state index contributed by atoms with van der Waals surface area (Å²) in [6.45, 7) is 10.8. The fraction of sp³-hybridized carbons (Fsp3) is 0.450. The molecule has 1 atom stereocenters. The highest BCUT2D eigenvalue weighted by atomic mass is 16.6. The van der Waals surface area contributed by atoms with Gasteiger partial charge in [0.2, 0.25) is 0 Å². The Balaban J connectivity index is 2.16. The standard InChI is InChI=1S/C20H26N4O4/c1-13-12-20(4,5)14(2)10-16(13)7-6-15(3)21-22-18-9-8-17(23(25)26)11-19(18)24(27)28/h6-9,11,14,22H,10,12H2,1-5H3/b7-6+,21-15-. The zero-order valence-corrected chi connectivity index (χ0v) is 16.9. The van der Waals surface area contributed by atoms with Crippen LogP contribution in [0.1, 0.15) is 47.5 Å². The number of nitro groups is 2. The number of anilines is 1. The number of allylic oxidation sites excluding steroid dienone is 4. The molecule has 1 aromatic carbocycles. The molecule has 0 fully saturated rings. The van der Waals surface area contributed by atoms with Crippen LogP contribution in [0.4, 0.5) is 17.1 Å². The van der Waals surface area contributed by atoms with Gasteiger partial charge in [-0.05, 0) is 55.7 Å². The topological polar surface area (TPSA) is 111 Å². The third-order valence-electron chi connectivity index (χ3n) is 5.40. The highest BCUT2D eigenvalue weighted by molar-refractivity contribution is 5.93. The Kier molecular flexibility index (Phi) is 6.33. The number of rotatable bonds is 6. The zero-order valence-electron chi connectivity index (χ0n) is 16.9. The van der Waals surface area contributed by atoms with E-state index in [1.54, 1.807) is 6.92 Å². The van der Waals surface area contributed by atoms with Crippen LogP contribution in [-0.2, 0) is 0 Å². The number of hydrogen-bond donors (Lipinski definition) is 1. The van der Waals surface area contributed by atoms with Crippen molar-refractivity contribution in [2.24, 2.45) is 16.4 Å². The number of hydrogen-bond acceptors (Lipinski definition) is 6. The number of benzene rings is 1. The lowest BCUT2D eigenvalue weighted by atomic mass is 9.68. The largest absolute Gasteiger partial charge is 0.301 e. The van der Waals surface area contributed by atoms with E-state index in [1.165, 1.54) is 23.3 Å². The van der Waals surface area contributed by atoms with Crippen molar-refractivity contribution in [3.05, 3.63) is 61.7 Å². The van der Waals surface area contributed by atoms with Crippen LogP contribution in [0.25, 0.3) is 0 Å². The summed E-state index contributed by atoms with van der Waals surface area (Å²) in [6, 6.07) is 3.41. The summed E-state index contributed by atoms with van der Waals surface area (Å²) in [4.78, 5) is 20.6. The Bertz CT molecular complexity index is 884. The summed E-state index contributed by atoms with van der Waals surface area (Å²) in [7, 11) is 0. The van der Waals surface area contributed by atoms with E-state index in [4.69, 9.17) is 0 Å². The molecule has 0 aromatic heterocycles. The van der Waals surface area contributed by atoms with Gasteiger partial charge in [0.25, 0.3) is 5.69 Å². The van der Waals surface area contributed by atoms with Gasteiger partial charge < -0.3 is 0 Å². The summed E-state index contributed by atoms with van der Waals surface area (Å²) in [5.41, 5.74) is 5.61. The normalized spacial score (nSPS) is 19.8. The minimum atomic E-state index is -0.671. The predicted octanol–water partition coefficient (Wildman–Crippen LogP) is 5.62. The number of non-ortho nitro benzene ring substituents is 1. The van der Waals surface area contributed by atoms with Crippen molar-refractivity contribution in [3.8, 4) is 0 Å². The maximum absolute atomic E-state index is 11.2. The lowest BCUT2D eigenvalue weighted by Crippen LogP contribution is -2.26. The third-order valence-corrected chi connectivity index (χ3v) is 5.40. The van der Waals surface area contributed by atoms with Crippen LogP contribution in [-0.4, -0.2) is 15.6 Å². The Morgan fingerprint density at radius 3 is 2.57 bits per heavy atom. The summed E-state index contributed by atoms with van der Waals surface area (Å²) < 4.78 is 0. The lowest BCUT2D eigenvalue weighted by molar-refractivity contribution is -0.393. The first-order chi connectivity index (χ1) is 13.0. The molecule has 150 valence electrons. The van der Waals surface area contributed by atoms with Gasteiger partial charge >= 0.3 is 5.69 Å². The molecule has 0 spiro atoms. The molecule has 0 saturated heterocycles. The maximum atomic E-state index is 11.2. The van der Waals surface area contributed by atoms with E-state index in [9.17, 15) is 20.2 Å². The van der Waals surface area contributed by atoms with Crippen LogP contribution in [0, 0.1) is 31.6 Å². The van der Waals surface area contributed by atoms with E-state index in [2.05, 4.69) is 38.2 Å². The van der Waals surface area contributed by atoms with E-state index in [0.717, 1.165) is 18.9 Å². The van der Waals surface area contributed by atoms with Crippen molar-refractivity contribution < 1.29 is 9.85 Å². The lowest BCUT2D eigenvalue weighted by Gasteiger charge is -2.37. The highest BCUT2D eigenvalue weighted by Crippen LogP contribution is 2.43. The molecular formula is C20H26N4O4. The van der Waals surface area contributed by atoms with Gasteiger partial charge in [0.05, 0.1) is 21.6 Å². The molecule has 1 aliphatic carbocycles. The van der Waals surface area contributed by atoms with E-state index >= 15 is 0 Å². The molecule has 1 unspecified atom stereocenters. The monoisotopic (exact) mass is 386 g/mol. The smallest absolute Gasteiger partial charge is 0.271 e. The molecule has 0 aliphatic heterocycles. The number of nitrogens with one attached hydrogen (secondary N) is 1. The number of nitro benzene ring substituents is 2.